The molecule has 2 heteroatoms. The van der Waals surface area contributed by atoms with Gasteiger partial charge >= 0.3 is 0 Å². The second kappa shape index (κ2) is 5.81. The van der Waals surface area contributed by atoms with E-state index in [2.05, 4.69) is 34.6 Å². The highest BCUT2D eigenvalue weighted by atomic mass is 35.5. The highest BCUT2D eigenvalue weighted by molar-refractivity contribution is 6.23. The molecule has 0 nitrogen and oxygen atoms in total. The van der Waals surface area contributed by atoms with Crippen LogP contribution in [0.4, 0.5) is 4.39 Å². The van der Waals surface area contributed by atoms with Crippen molar-refractivity contribution in [1.82, 2.24) is 0 Å². The molecule has 21 heavy (non-hydrogen) atoms. The lowest BCUT2D eigenvalue weighted by molar-refractivity contribution is 0.611. The molecular formula is C19H22ClF. The van der Waals surface area contributed by atoms with Gasteiger partial charge in [-0.3, -0.25) is 0 Å². The smallest absolute Gasteiger partial charge is 0.128 e. The van der Waals surface area contributed by atoms with Gasteiger partial charge in [-0.05, 0) is 81.0 Å². The van der Waals surface area contributed by atoms with Crippen LogP contribution in [0, 0.1) is 47.4 Å². The molecule has 0 saturated carbocycles. The molecular weight excluding hydrogens is 283 g/mol. The molecule has 112 valence electrons. The fourth-order valence-corrected chi connectivity index (χ4v) is 3.42. The fourth-order valence-electron chi connectivity index (χ4n) is 2.92. The maximum atomic E-state index is 14.2. The summed E-state index contributed by atoms with van der Waals surface area (Å²) in [4.78, 5) is 0. The Bertz CT molecular complexity index is 672. The van der Waals surface area contributed by atoms with Gasteiger partial charge in [-0.2, -0.15) is 0 Å². The molecule has 0 spiro atoms. The Morgan fingerprint density at radius 3 is 1.81 bits per heavy atom. The summed E-state index contributed by atoms with van der Waals surface area (Å²) in [5.41, 5.74) is 8.73. The van der Waals surface area contributed by atoms with Crippen molar-refractivity contribution < 1.29 is 4.39 Å². The van der Waals surface area contributed by atoms with E-state index in [4.69, 9.17) is 11.6 Å². The van der Waals surface area contributed by atoms with Gasteiger partial charge in [0.25, 0.3) is 0 Å². The van der Waals surface area contributed by atoms with Crippen molar-refractivity contribution in [2.45, 2.75) is 46.9 Å². The standard InChI is InChI=1S/C19H22ClF/c1-10-7-8-17(21)16(9-10)19(20)18-14(5)12(3)11(2)13(4)15(18)6/h7-9,19H,1-6H3. The lowest BCUT2D eigenvalue weighted by Crippen LogP contribution is -2.07. The van der Waals surface area contributed by atoms with Gasteiger partial charge in [0.2, 0.25) is 0 Å². The second-order valence-corrected chi connectivity index (χ2v) is 6.36. The van der Waals surface area contributed by atoms with E-state index in [1.54, 1.807) is 6.07 Å². The molecule has 2 aromatic rings. The number of hydrogen-bond acceptors (Lipinski definition) is 0. The van der Waals surface area contributed by atoms with E-state index in [0.717, 1.165) is 22.3 Å². The zero-order chi connectivity index (χ0) is 15.9. The lowest BCUT2D eigenvalue weighted by Gasteiger charge is -2.23. The van der Waals surface area contributed by atoms with Gasteiger partial charge in [-0.15, -0.1) is 11.6 Å². The van der Waals surface area contributed by atoms with Gasteiger partial charge in [-0.25, -0.2) is 4.39 Å². The fraction of sp³-hybridized carbons (Fsp3) is 0.368. The summed E-state index contributed by atoms with van der Waals surface area (Å²) in [5.74, 6) is -0.240. The van der Waals surface area contributed by atoms with Gasteiger partial charge in [-0.1, -0.05) is 17.7 Å². The Morgan fingerprint density at radius 1 is 0.810 bits per heavy atom. The van der Waals surface area contributed by atoms with Gasteiger partial charge in [0.1, 0.15) is 5.82 Å². The van der Waals surface area contributed by atoms with Crippen LogP contribution in [0.15, 0.2) is 18.2 Å². The van der Waals surface area contributed by atoms with E-state index in [1.165, 1.54) is 22.8 Å². The molecule has 1 unspecified atom stereocenters. The Kier molecular flexibility index (Phi) is 4.43. The number of rotatable bonds is 2. The minimum Gasteiger partial charge on any atom is -0.207 e. The van der Waals surface area contributed by atoms with Gasteiger partial charge in [0, 0.05) is 5.56 Å². The molecule has 0 saturated heterocycles. The summed E-state index contributed by atoms with van der Waals surface area (Å²) in [6, 6.07) is 5.11. The molecule has 0 bridgehead atoms. The summed E-state index contributed by atoms with van der Waals surface area (Å²) in [6.07, 6.45) is 0. The van der Waals surface area contributed by atoms with E-state index in [9.17, 15) is 4.39 Å². The van der Waals surface area contributed by atoms with Gasteiger partial charge < -0.3 is 0 Å². The first-order chi connectivity index (χ1) is 9.75. The van der Waals surface area contributed by atoms with Crippen LogP contribution >= 0.6 is 11.6 Å². The minimum absolute atomic E-state index is 0.240. The predicted molar refractivity (Wildman–Crippen MR) is 89.0 cm³/mol. The average Bonchev–Trinajstić information content (AvgIpc) is 2.45. The summed E-state index contributed by atoms with van der Waals surface area (Å²) in [6.45, 7) is 12.5. The van der Waals surface area contributed by atoms with Crippen molar-refractivity contribution in [3.8, 4) is 0 Å². The zero-order valence-corrected chi connectivity index (χ0v) is 14.3. The third kappa shape index (κ3) is 2.72. The van der Waals surface area contributed by atoms with Crippen LogP contribution in [0.2, 0.25) is 0 Å². The van der Waals surface area contributed by atoms with Crippen molar-refractivity contribution >= 4 is 11.6 Å². The Balaban J connectivity index is 2.69. The van der Waals surface area contributed by atoms with E-state index < -0.39 is 5.38 Å². The molecule has 0 fully saturated rings. The molecule has 0 aliphatic rings. The highest BCUT2D eigenvalue weighted by Gasteiger charge is 2.22. The number of benzene rings is 2. The molecule has 0 heterocycles. The summed E-state index contributed by atoms with van der Waals surface area (Å²) in [7, 11) is 0. The molecule has 0 radical (unpaired) electrons. The third-order valence-corrected chi connectivity index (χ3v) is 5.19. The quantitative estimate of drug-likeness (QED) is 0.596. The normalized spacial score (nSPS) is 12.6. The monoisotopic (exact) mass is 304 g/mol. The maximum Gasteiger partial charge on any atom is 0.128 e. The van der Waals surface area contributed by atoms with Crippen LogP contribution in [0.25, 0.3) is 0 Å². The van der Waals surface area contributed by atoms with Gasteiger partial charge in [0.05, 0.1) is 5.38 Å². The Morgan fingerprint density at radius 2 is 1.29 bits per heavy atom. The number of aryl methyl sites for hydroxylation is 1. The molecule has 0 aliphatic heterocycles. The van der Waals surface area contributed by atoms with E-state index in [0.29, 0.717) is 5.56 Å². The van der Waals surface area contributed by atoms with Crippen molar-refractivity contribution in [2.24, 2.45) is 0 Å². The van der Waals surface area contributed by atoms with E-state index in [-0.39, 0.29) is 5.82 Å². The summed E-state index contributed by atoms with van der Waals surface area (Å²) >= 11 is 6.68. The lowest BCUT2D eigenvalue weighted by atomic mass is 9.86. The second-order valence-electron chi connectivity index (χ2n) is 5.93. The number of halogens is 2. The van der Waals surface area contributed by atoms with Crippen LogP contribution in [0.3, 0.4) is 0 Å². The van der Waals surface area contributed by atoms with Crippen LogP contribution in [0.1, 0.15) is 49.9 Å². The minimum atomic E-state index is -0.456. The summed E-state index contributed by atoms with van der Waals surface area (Å²) in [5, 5.41) is -0.456. The highest BCUT2D eigenvalue weighted by Crippen LogP contribution is 2.38. The van der Waals surface area contributed by atoms with Crippen LogP contribution in [0.5, 0.6) is 0 Å². The van der Waals surface area contributed by atoms with E-state index >= 15 is 0 Å². The molecule has 0 aliphatic carbocycles. The maximum absolute atomic E-state index is 14.2. The Hall–Kier alpha value is -1.34. The first-order valence-corrected chi connectivity index (χ1v) is 7.66. The molecule has 0 aromatic heterocycles. The third-order valence-electron chi connectivity index (χ3n) is 4.74. The molecule has 0 amide bonds. The van der Waals surface area contributed by atoms with Crippen molar-refractivity contribution in [3.63, 3.8) is 0 Å². The molecule has 1 atom stereocenters. The van der Waals surface area contributed by atoms with Crippen LogP contribution < -0.4 is 0 Å². The summed E-state index contributed by atoms with van der Waals surface area (Å²) < 4.78 is 14.2. The van der Waals surface area contributed by atoms with Gasteiger partial charge in [0.15, 0.2) is 0 Å². The first-order valence-electron chi connectivity index (χ1n) is 7.22. The van der Waals surface area contributed by atoms with Crippen molar-refractivity contribution in [3.05, 3.63) is 68.5 Å². The average molecular weight is 305 g/mol. The van der Waals surface area contributed by atoms with Crippen molar-refractivity contribution in [1.29, 1.82) is 0 Å². The van der Waals surface area contributed by atoms with E-state index in [1.807, 2.05) is 13.0 Å². The zero-order valence-electron chi connectivity index (χ0n) is 13.6. The molecule has 0 N–H and O–H groups in total. The SMILES string of the molecule is Cc1ccc(F)c(C(Cl)c2c(C)c(C)c(C)c(C)c2C)c1. The largest absolute Gasteiger partial charge is 0.207 e. The first kappa shape index (κ1) is 16.0. The predicted octanol–water partition coefficient (Wildman–Crippen LogP) is 6.00. The number of hydrogen-bond donors (Lipinski definition) is 0. The molecule has 2 rings (SSSR count). The Labute approximate surface area is 132 Å². The number of alkyl halides is 1. The topological polar surface area (TPSA) is 0 Å². The van der Waals surface area contributed by atoms with Crippen LogP contribution in [-0.2, 0) is 0 Å². The van der Waals surface area contributed by atoms with Crippen LogP contribution in [-0.4, -0.2) is 0 Å². The molecule has 2 aromatic carbocycles. The van der Waals surface area contributed by atoms with Crippen molar-refractivity contribution in [2.75, 3.05) is 0 Å².